The molecule has 1 heterocycles. The van der Waals surface area contributed by atoms with Crippen molar-refractivity contribution in [3.8, 4) is 0 Å². The van der Waals surface area contributed by atoms with Crippen molar-refractivity contribution in [2.75, 3.05) is 39.3 Å². The molecule has 20 heavy (non-hydrogen) atoms. The van der Waals surface area contributed by atoms with E-state index in [4.69, 9.17) is 9.47 Å². The molecule has 1 aliphatic heterocycles. The van der Waals surface area contributed by atoms with Crippen molar-refractivity contribution >= 4 is 11.6 Å². The van der Waals surface area contributed by atoms with Crippen LogP contribution in [0.15, 0.2) is 24.3 Å². The Balaban J connectivity index is 2.05. The van der Waals surface area contributed by atoms with Gasteiger partial charge in [-0.25, -0.2) is 0 Å². The zero-order valence-corrected chi connectivity index (χ0v) is 12.3. The van der Waals surface area contributed by atoms with Gasteiger partial charge in [0.25, 0.3) is 5.91 Å². The first-order chi connectivity index (χ1) is 9.61. The highest BCUT2D eigenvalue weighted by Crippen LogP contribution is 2.15. The lowest BCUT2D eigenvalue weighted by Crippen LogP contribution is -2.49. The van der Waals surface area contributed by atoms with Crippen LogP contribution in [0.25, 0.3) is 0 Å². The molecule has 1 aliphatic rings. The van der Waals surface area contributed by atoms with Gasteiger partial charge in [0.15, 0.2) is 0 Å². The van der Waals surface area contributed by atoms with Gasteiger partial charge in [0, 0.05) is 39.1 Å². The highest BCUT2D eigenvalue weighted by molar-refractivity contribution is 5.95. The van der Waals surface area contributed by atoms with Gasteiger partial charge in [-0.05, 0) is 24.6 Å². The van der Waals surface area contributed by atoms with Gasteiger partial charge in [0.1, 0.15) is 6.10 Å². The van der Waals surface area contributed by atoms with E-state index < -0.39 is 0 Å². The molecule has 110 valence electrons. The third kappa shape index (κ3) is 3.49. The van der Waals surface area contributed by atoms with E-state index in [9.17, 15) is 4.79 Å². The normalized spacial score (nSPS) is 22.4. The van der Waals surface area contributed by atoms with Crippen LogP contribution in [0.5, 0.6) is 0 Å². The number of nitrogens with zero attached hydrogens (tertiary/aromatic N) is 1. The molecule has 1 saturated heterocycles. The number of carbonyl (C=O) groups excluding carboxylic acids is 1. The fraction of sp³-hybridized carbons (Fsp3) is 0.533. The quantitative estimate of drug-likeness (QED) is 0.901. The summed E-state index contributed by atoms with van der Waals surface area (Å²) in [5, 5.41) is 3.04. The summed E-state index contributed by atoms with van der Waals surface area (Å²) in [5.41, 5.74) is 1.67. The largest absolute Gasteiger partial charge is 0.379 e. The van der Waals surface area contributed by atoms with Crippen LogP contribution in [0.4, 0.5) is 5.69 Å². The number of amides is 1. The van der Waals surface area contributed by atoms with Crippen molar-refractivity contribution in [2.24, 2.45) is 0 Å². The fourth-order valence-electron chi connectivity index (χ4n) is 2.29. The smallest absolute Gasteiger partial charge is 0.251 e. The molecule has 5 nitrogen and oxygen atoms in total. The predicted molar refractivity (Wildman–Crippen MR) is 78.3 cm³/mol. The minimum Gasteiger partial charge on any atom is -0.379 e. The first-order valence-corrected chi connectivity index (χ1v) is 6.80. The molecule has 2 rings (SSSR count). The van der Waals surface area contributed by atoms with Crippen molar-refractivity contribution in [2.45, 2.75) is 18.6 Å². The van der Waals surface area contributed by atoms with Gasteiger partial charge in [-0.1, -0.05) is 6.07 Å². The van der Waals surface area contributed by atoms with Crippen molar-refractivity contribution in [3.63, 3.8) is 0 Å². The molecular formula is C15H22N2O3. The molecule has 1 fully saturated rings. The molecular weight excluding hydrogens is 256 g/mol. The van der Waals surface area contributed by atoms with Crippen LogP contribution >= 0.6 is 0 Å². The molecule has 0 aromatic heterocycles. The number of methoxy groups -OCH3 is 1. The third-order valence-corrected chi connectivity index (χ3v) is 3.55. The monoisotopic (exact) mass is 278 g/mol. The molecule has 2 atom stereocenters. The lowest BCUT2D eigenvalue weighted by Gasteiger charge is -2.31. The van der Waals surface area contributed by atoms with Crippen LogP contribution in [0.2, 0.25) is 0 Å². The maximum absolute atomic E-state index is 12.3. The molecule has 1 N–H and O–H groups in total. The maximum atomic E-state index is 12.3. The minimum absolute atomic E-state index is 0.00395. The second-order valence-corrected chi connectivity index (χ2v) is 5.16. The number of rotatable bonds is 4. The van der Waals surface area contributed by atoms with Crippen LogP contribution in [0.1, 0.15) is 16.8 Å². The van der Waals surface area contributed by atoms with Crippen molar-refractivity contribution in [3.05, 3.63) is 29.8 Å². The highest BCUT2D eigenvalue weighted by atomic mass is 16.5. The van der Waals surface area contributed by atoms with E-state index in [2.05, 4.69) is 5.32 Å². The first kappa shape index (κ1) is 14.8. The number of anilines is 1. The molecule has 0 aliphatic carbocycles. The van der Waals surface area contributed by atoms with Gasteiger partial charge in [0.2, 0.25) is 0 Å². The molecule has 1 amide bonds. The third-order valence-electron chi connectivity index (χ3n) is 3.55. The lowest BCUT2D eigenvalue weighted by molar-refractivity contribution is -0.0479. The number of carbonyl (C=O) groups is 1. The molecule has 0 saturated carbocycles. The zero-order valence-electron chi connectivity index (χ0n) is 12.3. The maximum Gasteiger partial charge on any atom is 0.251 e. The summed E-state index contributed by atoms with van der Waals surface area (Å²) in [4.78, 5) is 14.3. The summed E-state index contributed by atoms with van der Waals surface area (Å²) in [7, 11) is 5.55. The van der Waals surface area contributed by atoms with Crippen LogP contribution in [0, 0.1) is 0 Å². The fourth-order valence-corrected chi connectivity index (χ4v) is 2.29. The van der Waals surface area contributed by atoms with Crippen LogP contribution in [-0.2, 0) is 9.47 Å². The lowest BCUT2D eigenvalue weighted by atomic mass is 10.1. The van der Waals surface area contributed by atoms with E-state index in [1.165, 1.54) is 0 Å². The summed E-state index contributed by atoms with van der Waals surface area (Å²) in [6.45, 7) is 1.18. The van der Waals surface area contributed by atoms with Gasteiger partial charge < -0.3 is 19.7 Å². The Morgan fingerprint density at radius 1 is 1.45 bits per heavy atom. The van der Waals surface area contributed by atoms with Crippen LogP contribution in [-0.4, -0.2) is 52.5 Å². The number of nitrogens with one attached hydrogen (secondary N) is 1. The van der Waals surface area contributed by atoms with Crippen molar-refractivity contribution in [1.29, 1.82) is 0 Å². The van der Waals surface area contributed by atoms with E-state index in [0.717, 1.165) is 12.1 Å². The van der Waals surface area contributed by atoms with E-state index in [-0.39, 0.29) is 18.1 Å². The Kier molecular flexibility index (Phi) is 4.98. The van der Waals surface area contributed by atoms with Crippen LogP contribution in [0.3, 0.4) is 0 Å². The Morgan fingerprint density at radius 3 is 2.95 bits per heavy atom. The predicted octanol–water partition coefficient (Wildman–Crippen LogP) is 1.29. The molecule has 2 unspecified atom stereocenters. The van der Waals surface area contributed by atoms with E-state index in [1.54, 1.807) is 7.11 Å². The Labute approximate surface area is 119 Å². The summed E-state index contributed by atoms with van der Waals surface area (Å²) in [6.07, 6.45) is 0.696. The molecule has 1 aromatic rings. The average molecular weight is 278 g/mol. The number of hydrogen-bond acceptors (Lipinski definition) is 4. The average Bonchev–Trinajstić information content (AvgIpc) is 2.48. The molecule has 5 heteroatoms. The molecule has 0 spiro atoms. The molecule has 0 bridgehead atoms. The Bertz CT molecular complexity index is 462. The summed E-state index contributed by atoms with van der Waals surface area (Å²) >= 11 is 0. The SMILES string of the molecule is COC1COCCC1NC(=O)c1cccc(N(C)C)c1. The van der Waals surface area contributed by atoms with Gasteiger partial charge in [-0.3, -0.25) is 4.79 Å². The topological polar surface area (TPSA) is 50.8 Å². The summed E-state index contributed by atoms with van der Waals surface area (Å²) in [5.74, 6) is -0.0670. The van der Waals surface area contributed by atoms with E-state index in [0.29, 0.717) is 18.8 Å². The van der Waals surface area contributed by atoms with Crippen molar-refractivity contribution in [1.82, 2.24) is 5.32 Å². The Hall–Kier alpha value is -1.59. The highest BCUT2D eigenvalue weighted by Gasteiger charge is 2.27. The van der Waals surface area contributed by atoms with Crippen LogP contribution < -0.4 is 10.2 Å². The van der Waals surface area contributed by atoms with Gasteiger partial charge in [0.05, 0.1) is 12.6 Å². The second kappa shape index (κ2) is 6.72. The van der Waals surface area contributed by atoms with E-state index in [1.807, 2.05) is 43.3 Å². The second-order valence-electron chi connectivity index (χ2n) is 5.16. The standard InChI is InChI=1S/C15H22N2O3/c1-17(2)12-6-4-5-11(9-12)15(18)16-13-7-8-20-10-14(13)19-3/h4-6,9,13-14H,7-8,10H2,1-3H3,(H,16,18). The first-order valence-electron chi connectivity index (χ1n) is 6.80. The summed E-state index contributed by atoms with van der Waals surface area (Å²) in [6, 6.07) is 7.58. The number of hydrogen-bond donors (Lipinski definition) is 1. The van der Waals surface area contributed by atoms with Gasteiger partial charge in [-0.2, -0.15) is 0 Å². The van der Waals surface area contributed by atoms with Crippen molar-refractivity contribution < 1.29 is 14.3 Å². The Morgan fingerprint density at radius 2 is 2.25 bits per heavy atom. The minimum atomic E-state index is -0.0790. The zero-order chi connectivity index (χ0) is 14.5. The summed E-state index contributed by atoms with van der Waals surface area (Å²) < 4.78 is 10.7. The number of ether oxygens (including phenoxy) is 2. The number of benzene rings is 1. The molecule has 0 radical (unpaired) electrons. The van der Waals surface area contributed by atoms with Gasteiger partial charge >= 0.3 is 0 Å². The molecule has 1 aromatic carbocycles. The van der Waals surface area contributed by atoms with Gasteiger partial charge in [-0.15, -0.1) is 0 Å². The van der Waals surface area contributed by atoms with E-state index >= 15 is 0 Å².